The van der Waals surface area contributed by atoms with Crippen molar-refractivity contribution in [3.05, 3.63) is 0 Å². The highest BCUT2D eigenvalue weighted by Crippen LogP contribution is 2.26. The maximum absolute atomic E-state index is 5.26. The molecule has 1 aliphatic carbocycles. The van der Waals surface area contributed by atoms with Gasteiger partial charge in [-0.25, -0.2) is 0 Å². The summed E-state index contributed by atoms with van der Waals surface area (Å²) in [6.45, 7) is 5.37. The van der Waals surface area contributed by atoms with Gasteiger partial charge < -0.3 is 10.1 Å². The molecule has 0 unspecified atom stereocenters. The summed E-state index contributed by atoms with van der Waals surface area (Å²) in [6.07, 6.45) is 8.50. The smallest absolute Gasteiger partial charge is 0.0554 e. The highest BCUT2D eigenvalue weighted by Gasteiger charge is 2.33. The van der Waals surface area contributed by atoms with Gasteiger partial charge in [0.15, 0.2) is 0 Å². The molecule has 0 atom stereocenters. The minimum Gasteiger partial charge on any atom is -0.380 e. The Morgan fingerprint density at radius 3 is 2.29 bits per heavy atom. The molecule has 2 heteroatoms. The molecule has 0 aromatic heterocycles. The Morgan fingerprint density at radius 1 is 1.14 bits per heavy atom. The van der Waals surface area contributed by atoms with Crippen molar-refractivity contribution in [1.29, 1.82) is 0 Å². The predicted octanol–water partition coefficient (Wildman–Crippen LogP) is 2.34. The van der Waals surface area contributed by atoms with Gasteiger partial charge in [0.25, 0.3) is 0 Å². The lowest BCUT2D eigenvalue weighted by Crippen LogP contribution is -2.49. The molecule has 0 aromatic rings. The highest BCUT2D eigenvalue weighted by atomic mass is 16.5. The van der Waals surface area contributed by atoms with Gasteiger partial charge in [0.2, 0.25) is 0 Å². The van der Waals surface area contributed by atoms with Gasteiger partial charge in [-0.3, -0.25) is 0 Å². The molecule has 0 amide bonds. The zero-order chi connectivity index (χ0) is 9.86. The average Bonchev–Trinajstić information content (AvgIpc) is 2.40. The summed E-state index contributed by atoms with van der Waals surface area (Å²) in [5.74, 6) is 0. The third kappa shape index (κ3) is 2.71. The van der Waals surface area contributed by atoms with Crippen LogP contribution in [0.3, 0.4) is 0 Å². The van der Waals surface area contributed by atoms with Gasteiger partial charge in [-0.2, -0.15) is 0 Å². The van der Waals surface area contributed by atoms with Crippen LogP contribution in [0.4, 0.5) is 0 Å². The van der Waals surface area contributed by atoms with E-state index in [9.17, 15) is 0 Å². The van der Waals surface area contributed by atoms with Crippen LogP contribution in [0.15, 0.2) is 0 Å². The van der Waals surface area contributed by atoms with Crippen molar-refractivity contribution in [3.63, 3.8) is 0 Å². The number of rotatable bonds is 3. The normalized spacial score (nSPS) is 28.1. The molecule has 1 heterocycles. The lowest BCUT2D eigenvalue weighted by atomic mass is 9.88. The molecule has 1 saturated carbocycles. The summed E-state index contributed by atoms with van der Waals surface area (Å²) in [4.78, 5) is 0. The van der Waals surface area contributed by atoms with Gasteiger partial charge in [0, 0.05) is 18.0 Å². The zero-order valence-corrected chi connectivity index (χ0v) is 9.35. The molecule has 2 aliphatic rings. The van der Waals surface area contributed by atoms with Crippen LogP contribution in [-0.4, -0.2) is 25.8 Å². The van der Waals surface area contributed by atoms with E-state index in [1.807, 2.05) is 0 Å². The number of hydrogen-bond acceptors (Lipinski definition) is 2. The SMILES string of the molecule is CC1(CNC2CCCCCC2)COC1. The largest absolute Gasteiger partial charge is 0.380 e. The summed E-state index contributed by atoms with van der Waals surface area (Å²) in [5.41, 5.74) is 0.437. The second kappa shape index (κ2) is 4.63. The van der Waals surface area contributed by atoms with E-state index < -0.39 is 0 Å². The van der Waals surface area contributed by atoms with E-state index in [1.165, 1.54) is 38.5 Å². The van der Waals surface area contributed by atoms with Crippen molar-refractivity contribution < 1.29 is 4.74 Å². The van der Waals surface area contributed by atoms with Gasteiger partial charge in [-0.05, 0) is 12.8 Å². The van der Waals surface area contributed by atoms with Crippen molar-refractivity contribution in [2.45, 2.75) is 51.5 Å². The average molecular weight is 197 g/mol. The van der Waals surface area contributed by atoms with E-state index in [0.29, 0.717) is 5.41 Å². The number of hydrogen-bond donors (Lipinski definition) is 1. The van der Waals surface area contributed by atoms with Crippen LogP contribution in [-0.2, 0) is 4.74 Å². The van der Waals surface area contributed by atoms with Gasteiger partial charge in [0.1, 0.15) is 0 Å². The van der Waals surface area contributed by atoms with Crippen molar-refractivity contribution in [3.8, 4) is 0 Å². The molecule has 14 heavy (non-hydrogen) atoms. The first kappa shape index (κ1) is 10.4. The van der Waals surface area contributed by atoms with Crippen LogP contribution in [0.5, 0.6) is 0 Å². The first-order chi connectivity index (χ1) is 6.79. The van der Waals surface area contributed by atoms with Crippen LogP contribution in [0.1, 0.15) is 45.4 Å². The maximum atomic E-state index is 5.26. The Morgan fingerprint density at radius 2 is 1.79 bits per heavy atom. The Balaban J connectivity index is 1.68. The molecular weight excluding hydrogens is 174 g/mol. The molecule has 0 spiro atoms. The minimum atomic E-state index is 0.437. The fourth-order valence-corrected chi connectivity index (χ4v) is 2.43. The molecule has 0 radical (unpaired) electrons. The van der Waals surface area contributed by atoms with Gasteiger partial charge in [0.05, 0.1) is 13.2 Å². The maximum Gasteiger partial charge on any atom is 0.0554 e. The van der Waals surface area contributed by atoms with E-state index in [-0.39, 0.29) is 0 Å². The molecule has 0 aromatic carbocycles. The monoisotopic (exact) mass is 197 g/mol. The summed E-state index contributed by atoms with van der Waals surface area (Å²) in [5, 5.41) is 3.72. The van der Waals surface area contributed by atoms with Gasteiger partial charge >= 0.3 is 0 Å². The Hall–Kier alpha value is -0.0800. The van der Waals surface area contributed by atoms with Gasteiger partial charge in [-0.15, -0.1) is 0 Å². The van der Waals surface area contributed by atoms with E-state index in [4.69, 9.17) is 4.74 Å². The second-order valence-electron chi connectivity index (χ2n) is 5.37. The lowest BCUT2D eigenvalue weighted by Gasteiger charge is -2.39. The van der Waals surface area contributed by atoms with E-state index >= 15 is 0 Å². The first-order valence-corrected chi connectivity index (χ1v) is 6.10. The van der Waals surface area contributed by atoms with Gasteiger partial charge in [-0.1, -0.05) is 32.6 Å². The molecule has 2 rings (SSSR count). The lowest BCUT2D eigenvalue weighted by molar-refractivity contribution is -0.100. The first-order valence-electron chi connectivity index (χ1n) is 6.10. The summed E-state index contributed by atoms with van der Waals surface area (Å²) >= 11 is 0. The van der Waals surface area contributed by atoms with Crippen LogP contribution in [0, 0.1) is 5.41 Å². The third-order valence-electron chi connectivity index (χ3n) is 3.57. The fraction of sp³-hybridized carbons (Fsp3) is 1.00. The Labute approximate surface area is 87.4 Å². The van der Waals surface area contributed by atoms with Crippen molar-refractivity contribution in [1.82, 2.24) is 5.32 Å². The molecule has 2 nitrogen and oxygen atoms in total. The van der Waals surface area contributed by atoms with E-state index in [0.717, 1.165) is 25.8 Å². The van der Waals surface area contributed by atoms with Crippen LogP contribution in [0.2, 0.25) is 0 Å². The molecule has 1 N–H and O–H groups in total. The summed E-state index contributed by atoms with van der Waals surface area (Å²) < 4.78 is 5.26. The Kier molecular flexibility index (Phi) is 3.45. The molecule has 2 fully saturated rings. The quantitative estimate of drug-likeness (QED) is 0.701. The molecule has 82 valence electrons. The number of ether oxygens (including phenoxy) is 1. The minimum absolute atomic E-state index is 0.437. The molecule has 1 aliphatic heterocycles. The molecular formula is C12H23NO. The second-order valence-corrected chi connectivity index (χ2v) is 5.37. The van der Waals surface area contributed by atoms with Crippen LogP contribution >= 0.6 is 0 Å². The van der Waals surface area contributed by atoms with E-state index in [1.54, 1.807) is 0 Å². The van der Waals surface area contributed by atoms with Crippen molar-refractivity contribution in [2.24, 2.45) is 5.41 Å². The Bertz CT molecular complexity index is 169. The fourth-order valence-electron chi connectivity index (χ4n) is 2.43. The summed E-state index contributed by atoms with van der Waals surface area (Å²) in [7, 11) is 0. The van der Waals surface area contributed by atoms with Crippen molar-refractivity contribution >= 4 is 0 Å². The highest BCUT2D eigenvalue weighted by molar-refractivity contribution is 4.84. The van der Waals surface area contributed by atoms with Crippen molar-refractivity contribution in [2.75, 3.05) is 19.8 Å². The molecule has 1 saturated heterocycles. The third-order valence-corrected chi connectivity index (χ3v) is 3.57. The van der Waals surface area contributed by atoms with E-state index in [2.05, 4.69) is 12.2 Å². The van der Waals surface area contributed by atoms with Crippen LogP contribution < -0.4 is 5.32 Å². The topological polar surface area (TPSA) is 21.3 Å². The predicted molar refractivity (Wildman–Crippen MR) is 58.4 cm³/mol. The van der Waals surface area contributed by atoms with Crippen LogP contribution in [0.25, 0.3) is 0 Å². The molecule has 0 bridgehead atoms. The number of nitrogens with one attached hydrogen (secondary N) is 1. The summed E-state index contributed by atoms with van der Waals surface area (Å²) in [6, 6.07) is 0.787. The standard InChI is InChI=1S/C12H23NO/c1-12(9-14-10-12)8-13-11-6-4-2-3-5-7-11/h11,13H,2-10H2,1H3. The zero-order valence-electron chi connectivity index (χ0n) is 9.35.